The molecule has 25 heavy (non-hydrogen) atoms. The van der Waals surface area contributed by atoms with E-state index < -0.39 is 31.3 Å². The molecule has 0 aliphatic rings. The predicted octanol–water partition coefficient (Wildman–Crippen LogP) is 3.72. The molecule has 0 bridgehead atoms. The summed E-state index contributed by atoms with van der Waals surface area (Å²) in [5.74, 6) is -2.64. The van der Waals surface area contributed by atoms with Crippen molar-refractivity contribution in [2.45, 2.75) is 15.5 Å². The molecular formula is C14H12F2N2O5S2. The van der Waals surface area contributed by atoms with E-state index in [-0.39, 0.29) is 28.1 Å². The minimum Gasteiger partial charge on any atom is -0.497 e. The van der Waals surface area contributed by atoms with Crippen LogP contribution in [0.1, 0.15) is 0 Å². The predicted molar refractivity (Wildman–Crippen MR) is 88.8 cm³/mol. The van der Waals surface area contributed by atoms with Gasteiger partial charge in [-0.2, -0.15) is 8.78 Å². The van der Waals surface area contributed by atoms with E-state index in [9.17, 15) is 27.3 Å². The highest BCUT2D eigenvalue weighted by Crippen LogP contribution is 2.34. The highest BCUT2D eigenvalue weighted by atomic mass is 32.2. The third-order valence-electron chi connectivity index (χ3n) is 3.00. The molecule has 0 aliphatic carbocycles. The average Bonchev–Trinajstić information content (AvgIpc) is 2.55. The molecule has 2 rings (SSSR count). The minimum absolute atomic E-state index is 0.00256. The lowest BCUT2D eigenvalue weighted by atomic mass is 10.3. The molecule has 0 amide bonds. The molecule has 2 aromatic rings. The van der Waals surface area contributed by atoms with Gasteiger partial charge in [0, 0.05) is 4.90 Å². The van der Waals surface area contributed by atoms with Crippen molar-refractivity contribution in [2.75, 3.05) is 11.8 Å². The van der Waals surface area contributed by atoms with Crippen LogP contribution in [0.3, 0.4) is 0 Å². The van der Waals surface area contributed by atoms with Crippen LogP contribution >= 0.6 is 11.8 Å². The minimum atomic E-state index is -4.38. The fraction of sp³-hybridized carbons (Fsp3) is 0.143. The van der Waals surface area contributed by atoms with Crippen LogP contribution in [0.25, 0.3) is 0 Å². The maximum atomic E-state index is 12.6. The van der Waals surface area contributed by atoms with Gasteiger partial charge in [0.25, 0.3) is 21.5 Å². The second kappa shape index (κ2) is 7.66. The summed E-state index contributed by atoms with van der Waals surface area (Å²) in [5, 5.41) is 11.2. The standard InChI is InChI=1S/C14H12F2N2O5S2/c1-23-9-6-7-13(11(8-9)18(19)20)25(21,22)17-10-4-2-3-5-12(10)24-14(15)16/h2-8,14,17H,1H3. The molecule has 2 aromatic carbocycles. The average molecular weight is 390 g/mol. The summed E-state index contributed by atoms with van der Waals surface area (Å²) in [4.78, 5) is 9.69. The zero-order valence-electron chi connectivity index (χ0n) is 12.7. The zero-order valence-corrected chi connectivity index (χ0v) is 14.3. The van der Waals surface area contributed by atoms with Crippen LogP contribution in [0.5, 0.6) is 5.75 Å². The van der Waals surface area contributed by atoms with E-state index in [1.165, 1.54) is 37.4 Å². The second-order valence-electron chi connectivity index (χ2n) is 4.57. The van der Waals surface area contributed by atoms with E-state index in [1.807, 2.05) is 0 Å². The fourth-order valence-electron chi connectivity index (χ4n) is 1.94. The fourth-order valence-corrected chi connectivity index (χ4v) is 3.84. The highest BCUT2D eigenvalue weighted by molar-refractivity contribution is 7.99. The molecule has 134 valence electrons. The number of halogens is 2. The number of benzene rings is 2. The largest absolute Gasteiger partial charge is 0.497 e. The number of alkyl halides is 2. The molecule has 1 N–H and O–H groups in total. The van der Waals surface area contributed by atoms with Crippen molar-refractivity contribution in [3.05, 3.63) is 52.6 Å². The van der Waals surface area contributed by atoms with E-state index in [1.54, 1.807) is 0 Å². The molecule has 0 spiro atoms. The SMILES string of the molecule is COc1ccc(S(=O)(=O)Nc2ccccc2SC(F)F)c([N+](=O)[O-])c1. The first-order chi connectivity index (χ1) is 11.7. The number of thioether (sulfide) groups is 1. The summed E-state index contributed by atoms with van der Waals surface area (Å²) in [6.45, 7) is 0. The number of anilines is 1. The lowest BCUT2D eigenvalue weighted by molar-refractivity contribution is -0.387. The summed E-state index contributed by atoms with van der Waals surface area (Å²) in [7, 11) is -3.10. The maximum absolute atomic E-state index is 12.6. The van der Waals surface area contributed by atoms with Crippen molar-refractivity contribution < 1.29 is 26.9 Å². The van der Waals surface area contributed by atoms with Crippen LogP contribution in [0.2, 0.25) is 0 Å². The molecule has 11 heteroatoms. The third kappa shape index (κ3) is 4.57. The molecule has 0 heterocycles. The normalized spacial score (nSPS) is 11.4. The molecule has 0 saturated heterocycles. The van der Waals surface area contributed by atoms with Crippen molar-refractivity contribution in [3.63, 3.8) is 0 Å². The Hall–Kier alpha value is -2.40. The number of nitrogens with one attached hydrogen (secondary N) is 1. The number of nitrogens with zero attached hydrogens (tertiary/aromatic N) is 1. The Morgan fingerprint density at radius 1 is 1.24 bits per heavy atom. The Kier molecular flexibility index (Phi) is 5.80. The molecular weight excluding hydrogens is 378 g/mol. The molecule has 0 aromatic heterocycles. The quantitative estimate of drug-likeness (QED) is 0.440. The Labute approximate surface area is 146 Å². The van der Waals surface area contributed by atoms with Gasteiger partial charge in [0.1, 0.15) is 5.75 Å². The van der Waals surface area contributed by atoms with Gasteiger partial charge in [0.05, 0.1) is 23.8 Å². The van der Waals surface area contributed by atoms with Gasteiger partial charge in [-0.3, -0.25) is 14.8 Å². The van der Waals surface area contributed by atoms with Gasteiger partial charge < -0.3 is 4.74 Å². The van der Waals surface area contributed by atoms with E-state index in [4.69, 9.17) is 4.74 Å². The van der Waals surface area contributed by atoms with Crippen LogP contribution in [-0.2, 0) is 10.0 Å². The number of nitro benzene ring substituents is 1. The topological polar surface area (TPSA) is 98.5 Å². The van der Waals surface area contributed by atoms with Gasteiger partial charge >= 0.3 is 0 Å². The summed E-state index contributed by atoms with van der Waals surface area (Å²) < 4.78 is 57.2. The van der Waals surface area contributed by atoms with Gasteiger partial charge in [-0.1, -0.05) is 23.9 Å². The van der Waals surface area contributed by atoms with Crippen LogP contribution < -0.4 is 9.46 Å². The van der Waals surface area contributed by atoms with E-state index in [0.717, 1.165) is 12.1 Å². The molecule has 0 saturated carbocycles. The van der Waals surface area contributed by atoms with Gasteiger partial charge in [0.15, 0.2) is 4.90 Å². The third-order valence-corrected chi connectivity index (χ3v) is 5.20. The molecule has 0 unspecified atom stereocenters. The first kappa shape index (κ1) is 18.9. The highest BCUT2D eigenvalue weighted by Gasteiger charge is 2.27. The summed E-state index contributed by atoms with van der Waals surface area (Å²) in [5.41, 5.74) is -0.788. The Balaban J connectivity index is 2.46. The number of methoxy groups -OCH3 is 1. The van der Waals surface area contributed by atoms with E-state index >= 15 is 0 Å². The summed E-state index contributed by atoms with van der Waals surface area (Å²) in [6.07, 6.45) is 0. The smallest absolute Gasteiger partial charge is 0.293 e. The van der Waals surface area contributed by atoms with Gasteiger partial charge in [-0.25, -0.2) is 8.42 Å². The Morgan fingerprint density at radius 3 is 2.52 bits per heavy atom. The van der Waals surface area contributed by atoms with Crippen LogP contribution in [0.15, 0.2) is 52.3 Å². The lowest BCUT2D eigenvalue weighted by Gasteiger charge is -2.12. The number of hydrogen-bond acceptors (Lipinski definition) is 6. The number of ether oxygens (including phenoxy) is 1. The Morgan fingerprint density at radius 2 is 1.92 bits per heavy atom. The lowest BCUT2D eigenvalue weighted by Crippen LogP contribution is -2.15. The number of rotatable bonds is 7. The van der Waals surface area contributed by atoms with Crippen molar-refractivity contribution in [1.82, 2.24) is 0 Å². The van der Waals surface area contributed by atoms with Crippen LogP contribution in [0.4, 0.5) is 20.2 Å². The molecule has 0 fully saturated rings. The number of para-hydroxylation sites is 1. The first-order valence-corrected chi connectivity index (χ1v) is 9.00. The molecule has 7 nitrogen and oxygen atoms in total. The van der Waals surface area contributed by atoms with Crippen LogP contribution in [-0.4, -0.2) is 26.2 Å². The summed E-state index contributed by atoms with van der Waals surface area (Å²) >= 11 is 0.163. The summed E-state index contributed by atoms with van der Waals surface area (Å²) in [6, 6.07) is 8.76. The first-order valence-electron chi connectivity index (χ1n) is 6.63. The monoisotopic (exact) mass is 390 g/mol. The van der Waals surface area contributed by atoms with E-state index in [2.05, 4.69) is 4.72 Å². The second-order valence-corrected chi connectivity index (χ2v) is 7.25. The van der Waals surface area contributed by atoms with Crippen molar-refractivity contribution in [3.8, 4) is 5.75 Å². The maximum Gasteiger partial charge on any atom is 0.293 e. The molecule has 0 atom stereocenters. The van der Waals surface area contributed by atoms with E-state index in [0.29, 0.717) is 0 Å². The van der Waals surface area contributed by atoms with Crippen molar-refractivity contribution >= 4 is 33.2 Å². The zero-order chi connectivity index (χ0) is 18.6. The number of hydrogen-bond donors (Lipinski definition) is 1. The van der Waals surface area contributed by atoms with Crippen molar-refractivity contribution in [1.29, 1.82) is 0 Å². The number of nitro groups is 1. The molecule has 0 aliphatic heterocycles. The van der Waals surface area contributed by atoms with Crippen molar-refractivity contribution in [2.24, 2.45) is 0 Å². The molecule has 0 radical (unpaired) electrons. The number of sulfonamides is 1. The van der Waals surface area contributed by atoms with Gasteiger partial charge in [0.2, 0.25) is 0 Å². The Bertz CT molecular complexity index is 891. The van der Waals surface area contributed by atoms with Gasteiger partial charge in [-0.05, 0) is 24.3 Å². The van der Waals surface area contributed by atoms with Crippen LogP contribution in [0, 0.1) is 10.1 Å². The van der Waals surface area contributed by atoms with Gasteiger partial charge in [-0.15, -0.1) is 0 Å².